The van der Waals surface area contributed by atoms with E-state index in [2.05, 4.69) is 5.32 Å². The van der Waals surface area contributed by atoms with E-state index in [0.717, 1.165) is 38.6 Å². The van der Waals surface area contributed by atoms with Gasteiger partial charge in [0.15, 0.2) is 0 Å². The van der Waals surface area contributed by atoms with Gasteiger partial charge in [0.2, 0.25) is 5.91 Å². The maximum atomic E-state index is 10.6. The third kappa shape index (κ3) is 12.9. The van der Waals surface area contributed by atoms with E-state index in [1.54, 1.807) is 0 Å². The molecule has 0 saturated carbocycles. The standard InChI is InChI=1S/C13H25NO3/c1-11(10-13(16)17)8-6-4-3-5-7-9-14-12(2)15/h11H,3-10H2,1-2H3,(H,14,15)(H,16,17)/t11-/m0/s1. The average molecular weight is 243 g/mol. The molecule has 17 heavy (non-hydrogen) atoms. The summed E-state index contributed by atoms with van der Waals surface area (Å²) in [6, 6.07) is 0. The van der Waals surface area contributed by atoms with Crippen LogP contribution in [0.2, 0.25) is 0 Å². The zero-order chi connectivity index (χ0) is 13.1. The van der Waals surface area contributed by atoms with Crippen molar-refractivity contribution in [3.63, 3.8) is 0 Å². The van der Waals surface area contributed by atoms with Gasteiger partial charge in [-0.3, -0.25) is 9.59 Å². The van der Waals surface area contributed by atoms with E-state index in [9.17, 15) is 9.59 Å². The van der Waals surface area contributed by atoms with Crippen molar-refractivity contribution in [1.82, 2.24) is 5.32 Å². The maximum Gasteiger partial charge on any atom is 0.303 e. The second kappa shape index (κ2) is 10.1. The molecule has 0 saturated heterocycles. The summed E-state index contributed by atoms with van der Waals surface area (Å²) >= 11 is 0. The van der Waals surface area contributed by atoms with Crippen molar-refractivity contribution in [2.45, 2.75) is 58.8 Å². The zero-order valence-corrected chi connectivity index (χ0v) is 11.0. The summed E-state index contributed by atoms with van der Waals surface area (Å²) in [6.07, 6.45) is 6.87. The molecule has 0 unspecified atom stereocenters. The monoisotopic (exact) mass is 243 g/mol. The molecule has 0 fully saturated rings. The number of carboxylic acids is 1. The van der Waals surface area contributed by atoms with Crippen LogP contribution in [0.3, 0.4) is 0 Å². The number of hydrogen-bond acceptors (Lipinski definition) is 2. The van der Waals surface area contributed by atoms with Crippen LogP contribution < -0.4 is 5.32 Å². The van der Waals surface area contributed by atoms with Gasteiger partial charge in [-0.1, -0.05) is 39.0 Å². The number of aliphatic carboxylic acids is 1. The number of amides is 1. The van der Waals surface area contributed by atoms with Crippen LogP contribution in [0.25, 0.3) is 0 Å². The Bertz CT molecular complexity index is 229. The molecule has 1 atom stereocenters. The Hall–Kier alpha value is -1.06. The molecule has 0 radical (unpaired) electrons. The average Bonchev–Trinajstić information content (AvgIpc) is 2.20. The number of carbonyl (C=O) groups is 2. The Balaban J connectivity index is 3.18. The molecule has 4 heteroatoms. The predicted molar refractivity (Wildman–Crippen MR) is 67.8 cm³/mol. The van der Waals surface area contributed by atoms with Gasteiger partial charge in [-0.2, -0.15) is 0 Å². The van der Waals surface area contributed by atoms with Gasteiger partial charge in [0.05, 0.1) is 0 Å². The van der Waals surface area contributed by atoms with Crippen molar-refractivity contribution >= 4 is 11.9 Å². The molecular weight excluding hydrogens is 218 g/mol. The second-order valence-electron chi connectivity index (χ2n) is 4.74. The fraction of sp³-hybridized carbons (Fsp3) is 0.846. The first-order valence-corrected chi connectivity index (χ1v) is 6.48. The normalized spacial score (nSPS) is 12.1. The molecular formula is C13H25NO3. The van der Waals surface area contributed by atoms with Crippen LogP contribution in [0, 0.1) is 5.92 Å². The lowest BCUT2D eigenvalue weighted by atomic mass is 9.99. The third-order valence-electron chi connectivity index (χ3n) is 2.77. The predicted octanol–water partition coefficient (Wildman–Crippen LogP) is 2.57. The van der Waals surface area contributed by atoms with Crippen molar-refractivity contribution in [3.05, 3.63) is 0 Å². The number of carbonyl (C=O) groups excluding carboxylic acids is 1. The molecule has 0 aromatic heterocycles. The highest BCUT2D eigenvalue weighted by molar-refractivity contribution is 5.72. The summed E-state index contributed by atoms with van der Waals surface area (Å²) in [6.45, 7) is 4.29. The van der Waals surface area contributed by atoms with E-state index in [1.807, 2.05) is 6.92 Å². The molecule has 2 N–H and O–H groups in total. The summed E-state index contributed by atoms with van der Waals surface area (Å²) in [5, 5.41) is 11.4. The molecule has 0 aliphatic carbocycles. The van der Waals surface area contributed by atoms with E-state index in [1.165, 1.54) is 13.3 Å². The summed E-state index contributed by atoms with van der Waals surface area (Å²) in [7, 11) is 0. The SMILES string of the molecule is CC(=O)NCCCCCCC[C@H](C)CC(=O)O. The molecule has 4 nitrogen and oxygen atoms in total. The first-order valence-electron chi connectivity index (χ1n) is 6.48. The minimum Gasteiger partial charge on any atom is -0.481 e. The maximum absolute atomic E-state index is 10.6. The minimum atomic E-state index is -0.701. The third-order valence-corrected chi connectivity index (χ3v) is 2.77. The van der Waals surface area contributed by atoms with Crippen LogP contribution in [0.4, 0.5) is 0 Å². The molecule has 0 aliphatic rings. The second-order valence-corrected chi connectivity index (χ2v) is 4.74. The summed E-state index contributed by atoms with van der Waals surface area (Å²) < 4.78 is 0. The number of hydrogen-bond donors (Lipinski definition) is 2. The van der Waals surface area contributed by atoms with Gasteiger partial charge in [-0.15, -0.1) is 0 Å². The highest BCUT2D eigenvalue weighted by Gasteiger charge is 2.06. The van der Waals surface area contributed by atoms with Gasteiger partial charge in [0.1, 0.15) is 0 Å². The van der Waals surface area contributed by atoms with Gasteiger partial charge >= 0.3 is 5.97 Å². The lowest BCUT2D eigenvalue weighted by Crippen LogP contribution is -2.20. The highest BCUT2D eigenvalue weighted by atomic mass is 16.4. The molecule has 0 bridgehead atoms. The molecule has 0 aromatic carbocycles. The number of rotatable bonds is 10. The minimum absolute atomic E-state index is 0.0347. The molecule has 1 amide bonds. The van der Waals surface area contributed by atoms with E-state index in [4.69, 9.17) is 5.11 Å². The van der Waals surface area contributed by atoms with Gasteiger partial charge in [0, 0.05) is 19.9 Å². The lowest BCUT2D eigenvalue weighted by Gasteiger charge is -2.07. The van der Waals surface area contributed by atoms with Crippen molar-refractivity contribution in [2.75, 3.05) is 6.54 Å². The van der Waals surface area contributed by atoms with E-state index < -0.39 is 5.97 Å². The largest absolute Gasteiger partial charge is 0.481 e. The first kappa shape index (κ1) is 15.9. The Morgan fingerprint density at radius 3 is 2.29 bits per heavy atom. The number of carboxylic acid groups (broad SMARTS) is 1. The van der Waals surface area contributed by atoms with Crippen molar-refractivity contribution in [2.24, 2.45) is 5.92 Å². The molecule has 0 rings (SSSR count). The van der Waals surface area contributed by atoms with Crippen LogP contribution in [0.1, 0.15) is 58.8 Å². The summed E-state index contributed by atoms with van der Waals surface area (Å²) in [5.74, 6) is -0.382. The Labute approximate surface area is 104 Å². The molecule has 100 valence electrons. The first-order chi connectivity index (χ1) is 8.02. The summed E-state index contributed by atoms with van der Waals surface area (Å²) in [5.41, 5.74) is 0. The Morgan fingerprint density at radius 2 is 1.71 bits per heavy atom. The number of unbranched alkanes of at least 4 members (excludes halogenated alkanes) is 4. The van der Waals surface area contributed by atoms with Crippen molar-refractivity contribution in [1.29, 1.82) is 0 Å². The van der Waals surface area contributed by atoms with Crippen molar-refractivity contribution in [3.8, 4) is 0 Å². The van der Waals surface area contributed by atoms with Gasteiger partial charge in [-0.05, 0) is 12.3 Å². The fourth-order valence-electron chi connectivity index (χ4n) is 1.81. The van der Waals surface area contributed by atoms with E-state index in [-0.39, 0.29) is 18.2 Å². The van der Waals surface area contributed by atoms with Gasteiger partial charge in [-0.25, -0.2) is 0 Å². The zero-order valence-electron chi connectivity index (χ0n) is 11.0. The molecule has 0 heterocycles. The molecule has 0 aromatic rings. The summed E-state index contributed by atoms with van der Waals surface area (Å²) in [4.78, 5) is 21.0. The van der Waals surface area contributed by atoms with E-state index in [0.29, 0.717) is 0 Å². The smallest absolute Gasteiger partial charge is 0.303 e. The molecule has 0 aliphatic heterocycles. The van der Waals surface area contributed by atoms with Crippen LogP contribution in [-0.2, 0) is 9.59 Å². The quantitative estimate of drug-likeness (QED) is 0.579. The van der Waals surface area contributed by atoms with Gasteiger partial charge < -0.3 is 10.4 Å². The van der Waals surface area contributed by atoms with E-state index >= 15 is 0 Å². The number of nitrogens with one attached hydrogen (secondary N) is 1. The topological polar surface area (TPSA) is 66.4 Å². The van der Waals surface area contributed by atoms with Crippen LogP contribution in [0.15, 0.2) is 0 Å². The lowest BCUT2D eigenvalue weighted by molar-refractivity contribution is -0.138. The highest BCUT2D eigenvalue weighted by Crippen LogP contribution is 2.13. The van der Waals surface area contributed by atoms with Crippen LogP contribution >= 0.6 is 0 Å². The molecule has 0 spiro atoms. The fourth-order valence-corrected chi connectivity index (χ4v) is 1.81. The van der Waals surface area contributed by atoms with Crippen LogP contribution in [0.5, 0.6) is 0 Å². The van der Waals surface area contributed by atoms with Gasteiger partial charge in [0.25, 0.3) is 0 Å². The Kier molecular flexibility index (Phi) is 9.49. The van der Waals surface area contributed by atoms with Crippen LogP contribution in [-0.4, -0.2) is 23.5 Å². The Morgan fingerprint density at radius 1 is 1.12 bits per heavy atom. The van der Waals surface area contributed by atoms with Crippen molar-refractivity contribution < 1.29 is 14.7 Å².